The molecule has 0 aliphatic rings. The lowest BCUT2D eigenvalue weighted by atomic mass is 10.1. The molecule has 1 heterocycles. The molecule has 2 aromatic carbocycles. The van der Waals surface area contributed by atoms with Crippen LogP contribution in [-0.2, 0) is 6.54 Å². The van der Waals surface area contributed by atoms with E-state index in [1.54, 1.807) is 0 Å². The van der Waals surface area contributed by atoms with Gasteiger partial charge in [0, 0.05) is 40.3 Å². The second kappa shape index (κ2) is 9.93. The van der Waals surface area contributed by atoms with E-state index in [1.807, 2.05) is 0 Å². The van der Waals surface area contributed by atoms with Crippen LogP contribution in [0.15, 0.2) is 78.9 Å². The van der Waals surface area contributed by atoms with Gasteiger partial charge in [-0.05, 0) is 36.3 Å². The van der Waals surface area contributed by atoms with Gasteiger partial charge < -0.3 is 9.80 Å². The zero-order chi connectivity index (χ0) is 21.5. The van der Waals surface area contributed by atoms with Crippen molar-refractivity contribution in [3.05, 3.63) is 101 Å². The molecule has 0 aliphatic heterocycles. The van der Waals surface area contributed by atoms with Crippen LogP contribution in [0.1, 0.15) is 29.4 Å². The Morgan fingerprint density at radius 3 is 1.37 bits per heavy atom. The molecule has 0 radical (unpaired) electrons. The average Bonchev–Trinajstić information content (AvgIpc) is 2.76. The summed E-state index contributed by atoms with van der Waals surface area (Å²) in [4.78, 5) is 4.38. The lowest BCUT2D eigenvalue weighted by Gasteiger charge is -2.20. The molecular weight excluding hydrogens is 366 g/mol. The van der Waals surface area contributed by atoms with Crippen LogP contribution in [-0.4, -0.2) is 38.0 Å². The van der Waals surface area contributed by atoms with Gasteiger partial charge in [-0.1, -0.05) is 60.7 Å². The third-order valence-electron chi connectivity index (χ3n) is 5.10. The molecule has 0 bridgehead atoms. The molecule has 0 saturated carbocycles. The summed E-state index contributed by atoms with van der Waals surface area (Å²) in [6.07, 6.45) is 4.50. The molecule has 0 saturated heterocycles. The van der Waals surface area contributed by atoms with Crippen LogP contribution >= 0.6 is 0 Å². The summed E-state index contributed by atoms with van der Waals surface area (Å²) in [6, 6.07) is 27.6. The fourth-order valence-corrected chi connectivity index (χ4v) is 3.61. The van der Waals surface area contributed by atoms with Gasteiger partial charge in [0.05, 0.1) is 0 Å². The predicted octanol–water partition coefficient (Wildman–Crippen LogP) is 5.11. The van der Waals surface area contributed by atoms with Crippen molar-refractivity contribution in [2.75, 3.05) is 28.2 Å². The lowest BCUT2D eigenvalue weighted by Crippen LogP contribution is -2.43. The predicted molar refractivity (Wildman–Crippen MR) is 128 cm³/mol. The SMILES string of the molecule is CC[n+]1c(C(=Cc2ccccc2)N(C)C)cccc1C(=Cc1ccccc1)N(C)C. The third kappa shape index (κ3) is 4.98. The van der Waals surface area contributed by atoms with Crippen molar-refractivity contribution in [3.63, 3.8) is 0 Å². The van der Waals surface area contributed by atoms with E-state index in [9.17, 15) is 0 Å². The molecule has 3 aromatic rings. The van der Waals surface area contributed by atoms with Crippen LogP contribution in [0.2, 0.25) is 0 Å². The Morgan fingerprint density at radius 2 is 1.03 bits per heavy atom. The van der Waals surface area contributed by atoms with Crippen molar-refractivity contribution >= 4 is 23.5 Å². The van der Waals surface area contributed by atoms with Crippen molar-refractivity contribution in [1.29, 1.82) is 0 Å². The Morgan fingerprint density at radius 1 is 0.633 bits per heavy atom. The monoisotopic (exact) mass is 398 g/mol. The molecule has 3 heteroatoms. The first-order chi connectivity index (χ1) is 14.5. The number of hydrogen-bond donors (Lipinski definition) is 0. The van der Waals surface area contributed by atoms with Crippen LogP contribution in [0.5, 0.6) is 0 Å². The quantitative estimate of drug-likeness (QED) is 0.512. The molecular formula is C27H32N3+. The van der Waals surface area contributed by atoms with E-state index in [1.165, 1.54) is 33.9 Å². The van der Waals surface area contributed by atoms with E-state index in [-0.39, 0.29) is 0 Å². The smallest absolute Gasteiger partial charge is 0.229 e. The van der Waals surface area contributed by atoms with Gasteiger partial charge in [0.15, 0.2) is 0 Å². The number of pyridine rings is 1. The molecule has 0 amide bonds. The number of nitrogens with zero attached hydrogens (tertiary/aromatic N) is 3. The molecule has 0 unspecified atom stereocenters. The van der Waals surface area contributed by atoms with E-state index >= 15 is 0 Å². The number of rotatable bonds is 7. The van der Waals surface area contributed by atoms with Crippen LogP contribution < -0.4 is 4.57 Å². The Hall–Kier alpha value is -3.33. The van der Waals surface area contributed by atoms with E-state index in [0.29, 0.717) is 0 Å². The van der Waals surface area contributed by atoms with E-state index in [0.717, 1.165) is 6.54 Å². The zero-order valence-electron chi connectivity index (χ0n) is 18.7. The summed E-state index contributed by atoms with van der Waals surface area (Å²) >= 11 is 0. The molecule has 1 aromatic heterocycles. The maximum atomic E-state index is 2.39. The maximum absolute atomic E-state index is 2.39. The van der Waals surface area contributed by atoms with Crippen LogP contribution in [0.4, 0.5) is 0 Å². The lowest BCUT2D eigenvalue weighted by molar-refractivity contribution is -0.698. The minimum Gasteiger partial charge on any atom is -0.372 e. The highest BCUT2D eigenvalue weighted by molar-refractivity contribution is 5.80. The number of aromatic nitrogens is 1. The molecule has 0 aliphatic carbocycles. The molecule has 0 atom stereocenters. The fourth-order valence-electron chi connectivity index (χ4n) is 3.61. The molecule has 0 N–H and O–H groups in total. The number of benzene rings is 2. The minimum atomic E-state index is 0.880. The Kier molecular flexibility index (Phi) is 7.08. The largest absolute Gasteiger partial charge is 0.372 e. The summed E-state index contributed by atoms with van der Waals surface area (Å²) in [5, 5.41) is 0. The zero-order valence-corrected chi connectivity index (χ0v) is 18.7. The van der Waals surface area contributed by atoms with Crippen molar-refractivity contribution in [2.24, 2.45) is 0 Å². The molecule has 0 fully saturated rings. The average molecular weight is 399 g/mol. The highest BCUT2D eigenvalue weighted by Gasteiger charge is 2.23. The summed E-state index contributed by atoms with van der Waals surface area (Å²) in [7, 11) is 8.42. The first-order valence-corrected chi connectivity index (χ1v) is 10.4. The second-order valence-electron chi connectivity index (χ2n) is 7.71. The van der Waals surface area contributed by atoms with Crippen LogP contribution in [0, 0.1) is 0 Å². The number of hydrogen-bond acceptors (Lipinski definition) is 2. The molecule has 0 spiro atoms. The second-order valence-corrected chi connectivity index (χ2v) is 7.71. The summed E-state index contributed by atoms with van der Waals surface area (Å²) in [5.74, 6) is 0. The topological polar surface area (TPSA) is 10.4 Å². The first kappa shape index (κ1) is 21.4. The van der Waals surface area contributed by atoms with Gasteiger partial charge in [-0.25, -0.2) is 0 Å². The van der Waals surface area contributed by atoms with Crippen molar-refractivity contribution in [3.8, 4) is 0 Å². The molecule has 3 rings (SSSR count). The van der Waals surface area contributed by atoms with Gasteiger partial charge in [-0.15, -0.1) is 0 Å². The highest BCUT2D eigenvalue weighted by atomic mass is 15.1. The van der Waals surface area contributed by atoms with Gasteiger partial charge >= 0.3 is 0 Å². The maximum Gasteiger partial charge on any atom is 0.229 e. The van der Waals surface area contributed by atoms with Gasteiger partial charge in [-0.3, -0.25) is 0 Å². The molecule has 30 heavy (non-hydrogen) atoms. The summed E-state index contributed by atoms with van der Waals surface area (Å²) < 4.78 is 2.39. The van der Waals surface area contributed by atoms with Crippen molar-refractivity contribution < 1.29 is 4.57 Å². The summed E-state index contributed by atoms with van der Waals surface area (Å²) in [5.41, 5.74) is 7.16. The summed E-state index contributed by atoms with van der Waals surface area (Å²) in [6.45, 7) is 3.09. The van der Waals surface area contributed by atoms with E-state index in [4.69, 9.17) is 0 Å². The molecule has 3 nitrogen and oxygen atoms in total. The Balaban J connectivity index is 2.18. The highest BCUT2D eigenvalue weighted by Crippen LogP contribution is 2.22. The van der Waals surface area contributed by atoms with Gasteiger partial charge in [-0.2, -0.15) is 4.57 Å². The normalized spacial score (nSPS) is 12.0. The minimum absolute atomic E-state index is 0.880. The van der Waals surface area contributed by atoms with Crippen LogP contribution in [0.25, 0.3) is 23.5 Å². The third-order valence-corrected chi connectivity index (χ3v) is 5.10. The fraction of sp³-hybridized carbons (Fsp3) is 0.222. The standard InChI is InChI=1S/C27H32N3/c1-6-30-24(26(28(2)3)20-22-14-9-7-10-15-22)18-13-19-25(30)27(29(4)5)21-23-16-11-8-12-17-23/h7-21H,6H2,1-5H3/q+1. The van der Waals surface area contributed by atoms with Gasteiger partial charge in [0.1, 0.15) is 17.9 Å². The Bertz CT molecular complexity index is 937. The van der Waals surface area contributed by atoms with Gasteiger partial charge in [0.2, 0.25) is 11.4 Å². The van der Waals surface area contributed by atoms with Gasteiger partial charge in [0.25, 0.3) is 0 Å². The van der Waals surface area contributed by atoms with E-state index < -0.39 is 0 Å². The molecule has 154 valence electrons. The van der Waals surface area contributed by atoms with Crippen molar-refractivity contribution in [1.82, 2.24) is 9.80 Å². The Labute approximate surface area is 181 Å². The van der Waals surface area contributed by atoms with E-state index in [2.05, 4.69) is 140 Å². The van der Waals surface area contributed by atoms with Crippen LogP contribution in [0.3, 0.4) is 0 Å². The van der Waals surface area contributed by atoms with Crippen molar-refractivity contribution in [2.45, 2.75) is 13.5 Å². The first-order valence-electron chi connectivity index (χ1n) is 10.4.